The van der Waals surface area contributed by atoms with Crippen molar-refractivity contribution in [2.45, 2.75) is 6.92 Å². The Morgan fingerprint density at radius 2 is 2.33 bits per heavy atom. The van der Waals surface area contributed by atoms with Gasteiger partial charge in [-0.1, -0.05) is 0 Å². The minimum absolute atomic E-state index is 0.229. The Bertz CT molecular complexity index is 337. The number of rotatable bonds is 3. The van der Waals surface area contributed by atoms with Crippen LogP contribution in [0.1, 0.15) is 6.92 Å². The number of urea groups is 1. The molecule has 0 spiro atoms. The Morgan fingerprint density at radius 3 is 2.80 bits per heavy atom. The number of hydrogen-bond acceptors (Lipinski definition) is 4. The lowest BCUT2D eigenvalue weighted by Crippen LogP contribution is -2.41. The maximum atomic E-state index is 11.6. The zero-order chi connectivity index (χ0) is 11.3. The average Bonchev–Trinajstić information content (AvgIpc) is 2.65. The summed E-state index contributed by atoms with van der Waals surface area (Å²) >= 11 is 1.40. The quantitative estimate of drug-likeness (QED) is 0.811. The summed E-state index contributed by atoms with van der Waals surface area (Å²) in [6.07, 6.45) is 0. The number of anilines is 1. The van der Waals surface area contributed by atoms with E-state index in [-0.39, 0.29) is 19.0 Å². The first kappa shape index (κ1) is 11.7. The van der Waals surface area contributed by atoms with Crippen LogP contribution in [0.4, 0.5) is 9.80 Å². The molecule has 82 valence electrons. The molecule has 0 aromatic carbocycles. The molecule has 3 N–H and O–H groups in total. The van der Waals surface area contributed by atoms with Crippen LogP contribution in [0.2, 0.25) is 0 Å². The summed E-state index contributed by atoms with van der Waals surface area (Å²) in [7, 11) is 0. The first-order valence-electron chi connectivity index (χ1n) is 4.48. The van der Waals surface area contributed by atoms with Gasteiger partial charge in [0.15, 0.2) is 0 Å². The molecule has 1 heterocycles. The molecule has 0 aliphatic rings. The summed E-state index contributed by atoms with van der Waals surface area (Å²) in [4.78, 5) is 23.8. The maximum absolute atomic E-state index is 11.6. The lowest BCUT2D eigenvalue weighted by Gasteiger charge is -2.17. The zero-order valence-electron chi connectivity index (χ0n) is 8.40. The molecule has 0 saturated heterocycles. The zero-order valence-corrected chi connectivity index (χ0v) is 9.21. The van der Waals surface area contributed by atoms with Crippen molar-refractivity contribution in [1.29, 1.82) is 0 Å². The van der Waals surface area contributed by atoms with Crippen LogP contribution < -0.4 is 11.1 Å². The van der Waals surface area contributed by atoms with Gasteiger partial charge in [-0.05, 0) is 17.5 Å². The summed E-state index contributed by atoms with van der Waals surface area (Å²) in [5.74, 6) is -0.311. The molecule has 0 aliphatic carbocycles. The molecule has 6 heteroatoms. The van der Waals surface area contributed by atoms with E-state index in [1.54, 1.807) is 6.07 Å². The van der Waals surface area contributed by atoms with Gasteiger partial charge in [0.1, 0.15) is 0 Å². The van der Waals surface area contributed by atoms with Crippen LogP contribution in [0.15, 0.2) is 17.5 Å². The third-order valence-electron chi connectivity index (χ3n) is 1.73. The third kappa shape index (κ3) is 3.34. The molecule has 0 bridgehead atoms. The molecule has 0 fully saturated rings. The number of thiophene rings is 1. The van der Waals surface area contributed by atoms with Crippen molar-refractivity contribution < 1.29 is 9.59 Å². The van der Waals surface area contributed by atoms with Crippen molar-refractivity contribution in [3.63, 3.8) is 0 Å². The highest BCUT2D eigenvalue weighted by Gasteiger charge is 2.16. The van der Waals surface area contributed by atoms with Crippen LogP contribution >= 0.6 is 11.3 Å². The van der Waals surface area contributed by atoms with E-state index < -0.39 is 6.03 Å². The maximum Gasteiger partial charge on any atom is 0.329 e. The monoisotopic (exact) mass is 227 g/mol. The average molecular weight is 227 g/mol. The highest BCUT2D eigenvalue weighted by Crippen LogP contribution is 2.15. The molecule has 0 radical (unpaired) electrons. The molecule has 1 aromatic rings. The standard InChI is InChI=1S/C9H13N3O2S/c1-7(13)12(5-4-10)9(14)11-8-3-2-6-15-8/h2-3,6H,4-5,10H2,1H3,(H,11,14). The number of nitrogens with zero attached hydrogens (tertiary/aromatic N) is 1. The molecular weight excluding hydrogens is 214 g/mol. The number of imide groups is 1. The molecule has 3 amide bonds. The lowest BCUT2D eigenvalue weighted by molar-refractivity contribution is -0.125. The Kier molecular flexibility index (Phi) is 4.26. The number of nitrogens with one attached hydrogen (secondary N) is 1. The van der Waals surface area contributed by atoms with Crippen molar-refractivity contribution >= 4 is 28.3 Å². The van der Waals surface area contributed by atoms with Gasteiger partial charge in [-0.15, -0.1) is 11.3 Å². The molecule has 1 rings (SSSR count). The fourth-order valence-corrected chi connectivity index (χ4v) is 1.66. The van der Waals surface area contributed by atoms with E-state index in [1.165, 1.54) is 18.3 Å². The van der Waals surface area contributed by atoms with Crippen molar-refractivity contribution in [2.75, 3.05) is 18.4 Å². The van der Waals surface area contributed by atoms with Crippen LogP contribution in [0.5, 0.6) is 0 Å². The molecule has 5 nitrogen and oxygen atoms in total. The number of amides is 3. The Labute approximate surface area is 91.9 Å². The van der Waals surface area contributed by atoms with E-state index in [0.717, 1.165) is 4.90 Å². The first-order chi connectivity index (χ1) is 7.15. The SMILES string of the molecule is CC(=O)N(CCN)C(=O)Nc1cccs1. The second-order valence-electron chi connectivity index (χ2n) is 2.87. The molecule has 0 atom stereocenters. The third-order valence-corrected chi connectivity index (χ3v) is 2.51. The van der Waals surface area contributed by atoms with Gasteiger partial charge in [-0.25, -0.2) is 4.79 Å². The lowest BCUT2D eigenvalue weighted by atomic mass is 10.5. The van der Waals surface area contributed by atoms with E-state index in [9.17, 15) is 9.59 Å². The molecular formula is C9H13N3O2S. The smallest absolute Gasteiger partial charge is 0.329 e. The second-order valence-corrected chi connectivity index (χ2v) is 3.81. The van der Waals surface area contributed by atoms with Crippen molar-refractivity contribution in [1.82, 2.24) is 4.90 Å². The minimum atomic E-state index is -0.435. The van der Waals surface area contributed by atoms with Gasteiger partial charge < -0.3 is 5.73 Å². The highest BCUT2D eigenvalue weighted by molar-refractivity contribution is 7.14. The highest BCUT2D eigenvalue weighted by atomic mass is 32.1. The van der Waals surface area contributed by atoms with E-state index in [1.807, 2.05) is 11.4 Å². The van der Waals surface area contributed by atoms with E-state index in [4.69, 9.17) is 5.73 Å². The summed E-state index contributed by atoms with van der Waals surface area (Å²) in [5.41, 5.74) is 5.31. The normalized spacial score (nSPS) is 9.73. The summed E-state index contributed by atoms with van der Waals surface area (Å²) in [6, 6.07) is 3.15. The van der Waals surface area contributed by atoms with Gasteiger partial charge in [-0.2, -0.15) is 0 Å². The van der Waals surface area contributed by atoms with Crippen molar-refractivity contribution in [3.8, 4) is 0 Å². The predicted molar refractivity (Wildman–Crippen MR) is 59.8 cm³/mol. The van der Waals surface area contributed by atoms with E-state index >= 15 is 0 Å². The fraction of sp³-hybridized carbons (Fsp3) is 0.333. The Balaban J connectivity index is 2.60. The molecule has 15 heavy (non-hydrogen) atoms. The van der Waals surface area contributed by atoms with E-state index in [2.05, 4.69) is 5.32 Å². The second kappa shape index (κ2) is 5.47. The van der Waals surface area contributed by atoms with Crippen LogP contribution in [-0.2, 0) is 4.79 Å². The number of nitrogens with two attached hydrogens (primary N) is 1. The van der Waals surface area contributed by atoms with Gasteiger partial charge in [0.05, 0.1) is 5.00 Å². The van der Waals surface area contributed by atoms with Gasteiger partial charge in [-0.3, -0.25) is 15.0 Å². The van der Waals surface area contributed by atoms with Crippen LogP contribution in [0.3, 0.4) is 0 Å². The Hall–Kier alpha value is -1.40. The van der Waals surface area contributed by atoms with Gasteiger partial charge in [0, 0.05) is 20.0 Å². The molecule has 0 unspecified atom stereocenters. The fourth-order valence-electron chi connectivity index (χ4n) is 1.05. The van der Waals surface area contributed by atoms with Crippen molar-refractivity contribution in [2.24, 2.45) is 5.73 Å². The first-order valence-corrected chi connectivity index (χ1v) is 5.35. The molecule has 0 saturated carbocycles. The van der Waals surface area contributed by atoms with E-state index in [0.29, 0.717) is 5.00 Å². The van der Waals surface area contributed by atoms with Crippen LogP contribution in [0, 0.1) is 0 Å². The topological polar surface area (TPSA) is 75.4 Å². The van der Waals surface area contributed by atoms with Gasteiger partial charge >= 0.3 is 6.03 Å². The molecule has 1 aromatic heterocycles. The predicted octanol–water partition coefficient (Wildman–Crippen LogP) is 1.09. The largest absolute Gasteiger partial charge is 0.329 e. The summed E-state index contributed by atoms with van der Waals surface area (Å²) in [6.45, 7) is 1.83. The Morgan fingerprint density at radius 1 is 1.60 bits per heavy atom. The van der Waals surface area contributed by atoms with Crippen LogP contribution in [-0.4, -0.2) is 29.9 Å². The number of hydrogen-bond donors (Lipinski definition) is 2. The summed E-state index contributed by atoms with van der Waals surface area (Å²) in [5, 5.41) is 5.17. The van der Waals surface area contributed by atoms with Gasteiger partial charge in [0.2, 0.25) is 5.91 Å². The minimum Gasteiger partial charge on any atom is -0.329 e. The van der Waals surface area contributed by atoms with Crippen LogP contribution in [0.25, 0.3) is 0 Å². The number of carbonyl (C=O) groups excluding carboxylic acids is 2. The van der Waals surface area contributed by atoms with Gasteiger partial charge in [0.25, 0.3) is 0 Å². The summed E-state index contributed by atoms with van der Waals surface area (Å²) < 4.78 is 0. The number of carbonyl (C=O) groups is 2. The van der Waals surface area contributed by atoms with Crippen molar-refractivity contribution in [3.05, 3.63) is 17.5 Å². The molecule has 0 aliphatic heterocycles.